The molecule has 40 heavy (non-hydrogen) atoms. The summed E-state index contributed by atoms with van der Waals surface area (Å²) in [4.78, 5) is 35.4. The van der Waals surface area contributed by atoms with Gasteiger partial charge in [0, 0.05) is 16.8 Å². The molecule has 2 N–H and O–H groups in total. The van der Waals surface area contributed by atoms with Crippen molar-refractivity contribution < 1.29 is 23.5 Å². The largest absolute Gasteiger partial charge is 0.496 e. The molecule has 0 bridgehead atoms. The van der Waals surface area contributed by atoms with Crippen LogP contribution in [0.2, 0.25) is 10.0 Å². The topological polar surface area (TPSA) is 102 Å². The molecule has 0 fully saturated rings. The first-order valence-corrected chi connectivity index (χ1v) is 12.7. The van der Waals surface area contributed by atoms with Crippen LogP contribution < -0.4 is 20.1 Å². The highest BCUT2D eigenvalue weighted by molar-refractivity contribution is 6.39. The summed E-state index contributed by atoms with van der Waals surface area (Å²) in [6, 6.07) is 18.9. The lowest BCUT2D eigenvalue weighted by molar-refractivity contribution is -0.117. The van der Waals surface area contributed by atoms with Gasteiger partial charge < -0.3 is 20.1 Å². The van der Waals surface area contributed by atoms with Gasteiger partial charge in [-0.3, -0.25) is 14.6 Å². The fourth-order valence-corrected chi connectivity index (χ4v) is 4.70. The van der Waals surface area contributed by atoms with Gasteiger partial charge in [-0.2, -0.15) is 0 Å². The number of aliphatic imine (C=N–C) groups is 1. The first-order chi connectivity index (χ1) is 19.3. The molecule has 2 amide bonds. The van der Waals surface area contributed by atoms with Gasteiger partial charge in [0.15, 0.2) is 0 Å². The maximum Gasteiger partial charge on any atom is 0.269 e. The SMILES string of the molecule is COc1cc(Cl)cc(Cl)c1C1=NC(NC(=O)c2cc(F)ccc2OCc2ccccn2)C(=O)Nc2ccccc21. The van der Waals surface area contributed by atoms with E-state index in [4.69, 9.17) is 32.7 Å². The number of para-hydroxylation sites is 1. The van der Waals surface area contributed by atoms with E-state index in [9.17, 15) is 14.0 Å². The number of benzene rings is 3. The highest BCUT2D eigenvalue weighted by Crippen LogP contribution is 2.35. The van der Waals surface area contributed by atoms with Gasteiger partial charge in [0.2, 0.25) is 6.17 Å². The number of amides is 2. The van der Waals surface area contributed by atoms with Crippen LogP contribution in [0.4, 0.5) is 10.1 Å². The Balaban J connectivity index is 1.52. The normalized spacial score (nSPS) is 14.3. The number of rotatable bonds is 7. The Labute approximate surface area is 238 Å². The first-order valence-electron chi connectivity index (χ1n) is 12.0. The Bertz CT molecular complexity index is 1630. The summed E-state index contributed by atoms with van der Waals surface area (Å²) in [5.41, 5.74) is 2.14. The number of aromatic nitrogens is 1. The zero-order valence-corrected chi connectivity index (χ0v) is 22.5. The number of anilines is 1. The zero-order valence-electron chi connectivity index (χ0n) is 21.0. The molecule has 3 aromatic carbocycles. The summed E-state index contributed by atoms with van der Waals surface area (Å²) in [5, 5.41) is 5.93. The van der Waals surface area contributed by atoms with Crippen LogP contribution in [0.15, 0.2) is 84.0 Å². The van der Waals surface area contributed by atoms with Crippen molar-refractivity contribution in [2.45, 2.75) is 12.8 Å². The highest BCUT2D eigenvalue weighted by atomic mass is 35.5. The molecule has 0 saturated carbocycles. The molecule has 11 heteroatoms. The van der Waals surface area contributed by atoms with E-state index in [2.05, 4.69) is 20.6 Å². The van der Waals surface area contributed by atoms with Gasteiger partial charge in [-0.1, -0.05) is 47.5 Å². The van der Waals surface area contributed by atoms with Gasteiger partial charge in [0.25, 0.3) is 11.8 Å². The quantitative estimate of drug-likeness (QED) is 0.294. The molecule has 1 aliphatic rings. The van der Waals surface area contributed by atoms with Gasteiger partial charge in [0.1, 0.15) is 23.9 Å². The highest BCUT2D eigenvalue weighted by Gasteiger charge is 2.30. The smallest absolute Gasteiger partial charge is 0.269 e. The van der Waals surface area contributed by atoms with Crippen LogP contribution in [0, 0.1) is 5.82 Å². The molecule has 202 valence electrons. The predicted octanol–water partition coefficient (Wildman–Crippen LogP) is 5.66. The lowest BCUT2D eigenvalue weighted by Gasteiger charge is -2.17. The van der Waals surface area contributed by atoms with E-state index in [0.717, 1.165) is 6.07 Å². The molecule has 0 saturated heterocycles. The Hall–Kier alpha value is -4.47. The molecule has 1 atom stereocenters. The van der Waals surface area contributed by atoms with Crippen LogP contribution in [0.3, 0.4) is 0 Å². The second-order valence-corrected chi connectivity index (χ2v) is 9.45. The van der Waals surface area contributed by atoms with Crippen LogP contribution in [-0.2, 0) is 11.4 Å². The van der Waals surface area contributed by atoms with E-state index in [1.54, 1.807) is 54.7 Å². The monoisotopic (exact) mass is 578 g/mol. The average molecular weight is 579 g/mol. The van der Waals surface area contributed by atoms with Gasteiger partial charge >= 0.3 is 0 Å². The summed E-state index contributed by atoms with van der Waals surface area (Å²) in [5.74, 6) is -1.63. The maximum absolute atomic E-state index is 14.2. The zero-order chi connectivity index (χ0) is 28.2. The number of methoxy groups -OCH3 is 1. The number of hydrogen-bond acceptors (Lipinski definition) is 6. The van der Waals surface area contributed by atoms with Crippen molar-refractivity contribution in [2.24, 2.45) is 4.99 Å². The number of ether oxygens (including phenoxy) is 2. The van der Waals surface area contributed by atoms with Gasteiger partial charge in [0.05, 0.1) is 40.4 Å². The minimum atomic E-state index is -1.42. The Morgan fingerprint density at radius 2 is 1.85 bits per heavy atom. The molecular weight excluding hydrogens is 558 g/mol. The van der Waals surface area contributed by atoms with E-state index in [1.165, 1.54) is 25.3 Å². The van der Waals surface area contributed by atoms with E-state index in [-0.39, 0.29) is 28.7 Å². The Morgan fingerprint density at radius 1 is 1.05 bits per heavy atom. The fourth-order valence-electron chi connectivity index (χ4n) is 4.14. The number of benzodiazepines with no additional fused rings is 1. The third-order valence-electron chi connectivity index (χ3n) is 5.98. The fraction of sp³-hybridized carbons (Fsp3) is 0.103. The summed E-state index contributed by atoms with van der Waals surface area (Å²) in [6.07, 6.45) is 0.190. The molecule has 8 nitrogen and oxygen atoms in total. The second-order valence-electron chi connectivity index (χ2n) is 8.60. The summed E-state index contributed by atoms with van der Waals surface area (Å²) in [6.45, 7) is 0.0448. The molecule has 0 aliphatic carbocycles. The molecule has 1 unspecified atom stereocenters. The van der Waals surface area contributed by atoms with Crippen molar-refractivity contribution in [1.29, 1.82) is 0 Å². The number of carbonyl (C=O) groups is 2. The van der Waals surface area contributed by atoms with Crippen LogP contribution in [0.25, 0.3) is 0 Å². The number of pyridine rings is 1. The number of nitrogens with one attached hydrogen (secondary N) is 2. The lowest BCUT2D eigenvalue weighted by Crippen LogP contribution is -2.42. The molecule has 5 rings (SSSR count). The van der Waals surface area contributed by atoms with Crippen molar-refractivity contribution in [3.8, 4) is 11.5 Å². The number of fused-ring (bicyclic) bond motifs is 1. The van der Waals surface area contributed by atoms with Crippen molar-refractivity contribution in [3.05, 3.63) is 117 Å². The third-order valence-corrected chi connectivity index (χ3v) is 6.49. The first kappa shape index (κ1) is 27.1. The summed E-state index contributed by atoms with van der Waals surface area (Å²) in [7, 11) is 1.45. The van der Waals surface area contributed by atoms with Crippen molar-refractivity contribution in [3.63, 3.8) is 0 Å². The Morgan fingerprint density at radius 3 is 2.62 bits per heavy atom. The van der Waals surface area contributed by atoms with E-state index in [0.29, 0.717) is 33.3 Å². The van der Waals surface area contributed by atoms with E-state index < -0.39 is 23.8 Å². The molecule has 1 aromatic heterocycles. The second kappa shape index (κ2) is 11.7. The van der Waals surface area contributed by atoms with Crippen LogP contribution in [-0.4, -0.2) is 35.8 Å². The molecule has 0 radical (unpaired) electrons. The number of nitrogens with zero attached hydrogens (tertiary/aromatic N) is 2. The van der Waals surface area contributed by atoms with Crippen molar-refractivity contribution in [2.75, 3.05) is 12.4 Å². The van der Waals surface area contributed by atoms with Crippen LogP contribution in [0.1, 0.15) is 27.2 Å². The standard InChI is InChI=1S/C29H21Cl2FN4O4/c1-39-24-13-16(30)12-21(31)25(24)26-19-7-2-3-8-22(19)34-29(38)27(35-26)36-28(37)20-14-17(32)9-10-23(20)40-15-18-6-4-5-11-33-18/h2-14,27H,15H2,1H3,(H,34,38)(H,36,37). The molecular formula is C29H21Cl2FN4O4. The van der Waals surface area contributed by atoms with Gasteiger partial charge in [-0.15, -0.1) is 0 Å². The lowest BCUT2D eigenvalue weighted by atomic mass is 9.99. The van der Waals surface area contributed by atoms with Crippen LogP contribution in [0.5, 0.6) is 11.5 Å². The molecule has 2 heterocycles. The average Bonchev–Trinajstić information content (AvgIpc) is 3.08. The molecule has 4 aromatic rings. The minimum Gasteiger partial charge on any atom is -0.496 e. The maximum atomic E-state index is 14.2. The van der Waals surface area contributed by atoms with Gasteiger partial charge in [-0.05, 0) is 48.5 Å². The van der Waals surface area contributed by atoms with Gasteiger partial charge in [-0.25, -0.2) is 9.38 Å². The van der Waals surface area contributed by atoms with E-state index >= 15 is 0 Å². The Kier molecular flexibility index (Phi) is 7.95. The van der Waals surface area contributed by atoms with Crippen molar-refractivity contribution >= 4 is 46.4 Å². The third kappa shape index (κ3) is 5.75. The van der Waals surface area contributed by atoms with E-state index in [1.807, 2.05) is 0 Å². The molecule has 0 spiro atoms. The molecule has 1 aliphatic heterocycles. The summed E-state index contributed by atoms with van der Waals surface area (Å²) >= 11 is 12.8. The summed E-state index contributed by atoms with van der Waals surface area (Å²) < 4.78 is 25.5. The number of hydrogen-bond donors (Lipinski definition) is 2. The van der Waals surface area contributed by atoms with Crippen molar-refractivity contribution in [1.82, 2.24) is 10.3 Å². The number of halogens is 3. The number of carbonyl (C=O) groups excluding carboxylic acids is 2. The predicted molar refractivity (Wildman–Crippen MR) is 150 cm³/mol. The van der Waals surface area contributed by atoms with Crippen LogP contribution >= 0.6 is 23.2 Å². The minimum absolute atomic E-state index is 0.0448.